The zero-order valence-electron chi connectivity index (χ0n) is 21.7. The van der Waals surface area contributed by atoms with Crippen molar-refractivity contribution in [3.8, 4) is 23.0 Å². The van der Waals surface area contributed by atoms with Crippen LogP contribution in [-0.2, 0) is 13.2 Å². The molecule has 0 radical (unpaired) electrons. The summed E-state index contributed by atoms with van der Waals surface area (Å²) in [5.41, 5.74) is 3.07. The van der Waals surface area contributed by atoms with Gasteiger partial charge in [-0.1, -0.05) is 24.3 Å². The van der Waals surface area contributed by atoms with Gasteiger partial charge in [-0.25, -0.2) is 4.39 Å². The van der Waals surface area contributed by atoms with Crippen molar-refractivity contribution >= 4 is 5.91 Å². The highest BCUT2D eigenvalue weighted by Crippen LogP contribution is 2.37. The van der Waals surface area contributed by atoms with Crippen LogP contribution in [-0.4, -0.2) is 44.2 Å². The Labute approximate surface area is 221 Å². The molecule has 1 amide bonds. The van der Waals surface area contributed by atoms with E-state index in [0.717, 1.165) is 35.5 Å². The molecule has 1 saturated carbocycles. The SMILES string of the molecule is COc1ccc(COc2cc(C(=O)N[C@H]3C[C@H]4CC3=CN4C)cc(F)c2OCc2ccc(OC)cc2)cc1. The van der Waals surface area contributed by atoms with Crippen LogP contribution in [0.3, 0.4) is 0 Å². The molecule has 38 heavy (non-hydrogen) atoms. The standard InChI is InChI=1S/C30H31FN2O5/c1-33-16-22-12-23(33)15-27(22)32-30(34)21-13-26(31)29(38-18-20-6-10-25(36-3)11-7-20)28(14-21)37-17-19-4-8-24(35-2)9-5-19/h4-11,13-14,16,23,27H,12,15,17-18H2,1-3H3,(H,32,34)/t23-,27+/m1/s1. The van der Waals surface area contributed by atoms with Gasteiger partial charge in [-0.2, -0.15) is 0 Å². The fraction of sp³-hybridized carbons (Fsp3) is 0.300. The van der Waals surface area contributed by atoms with E-state index in [1.807, 2.05) is 55.6 Å². The molecule has 0 spiro atoms. The van der Waals surface area contributed by atoms with Crippen molar-refractivity contribution in [3.63, 3.8) is 0 Å². The Hall–Kier alpha value is -4.20. The summed E-state index contributed by atoms with van der Waals surface area (Å²) in [5, 5.41) is 3.05. The third kappa shape index (κ3) is 5.54. The number of fused-ring (bicyclic) bond motifs is 2. The van der Waals surface area contributed by atoms with Crippen LogP contribution in [0.5, 0.6) is 23.0 Å². The van der Waals surface area contributed by atoms with Gasteiger partial charge >= 0.3 is 0 Å². The summed E-state index contributed by atoms with van der Waals surface area (Å²) in [6.07, 6.45) is 3.88. The largest absolute Gasteiger partial charge is 0.497 e. The Bertz CT molecular complexity index is 1320. The van der Waals surface area contributed by atoms with Crippen LogP contribution in [0.4, 0.5) is 4.39 Å². The van der Waals surface area contributed by atoms with E-state index in [9.17, 15) is 4.79 Å². The van der Waals surface area contributed by atoms with Crippen molar-refractivity contribution in [1.82, 2.24) is 10.2 Å². The molecule has 1 heterocycles. The van der Waals surface area contributed by atoms with Gasteiger partial charge in [0.05, 0.1) is 20.3 Å². The average molecular weight is 519 g/mol. The van der Waals surface area contributed by atoms with Crippen LogP contribution in [0.25, 0.3) is 0 Å². The van der Waals surface area contributed by atoms with Gasteiger partial charge in [-0.15, -0.1) is 0 Å². The maximum atomic E-state index is 15.4. The minimum atomic E-state index is -0.664. The van der Waals surface area contributed by atoms with Crippen molar-refractivity contribution in [2.75, 3.05) is 21.3 Å². The van der Waals surface area contributed by atoms with E-state index in [4.69, 9.17) is 18.9 Å². The number of nitrogens with one attached hydrogen (secondary N) is 1. The number of hydrogen-bond donors (Lipinski definition) is 1. The number of amides is 1. The molecule has 7 nitrogen and oxygen atoms in total. The number of hydrogen-bond acceptors (Lipinski definition) is 6. The average Bonchev–Trinajstić information content (AvgIpc) is 3.50. The molecular weight excluding hydrogens is 487 g/mol. The zero-order valence-corrected chi connectivity index (χ0v) is 21.7. The molecule has 1 aliphatic carbocycles. The highest BCUT2D eigenvalue weighted by Gasteiger charge is 2.37. The first kappa shape index (κ1) is 25.4. The number of ether oxygens (including phenoxy) is 4. The Morgan fingerprint density at radius 2 is 1.55 bits per heavy atom. The number of methoxy groups -OCH3 is 2. The second-order valence-corrected chi connectivity index (χ2v) is 9.55. The fourth-order valence-corrected chi connectivity index (χ4v) is 4.84. The number of carbonyl (C=O) groups excluding carboxylic acids is 1. The summed E-state index contributed by atoms with van der Waals surface area (Å²) < 4.78 is 37.7. The summed E-state index contributed by atoms with van der Waals surface area (Å²) >= 11 is 0. The van der Waals surface area contributed by atoms with Crippen molar-refractivity contribution in [2.24, 2.45) is 0 Å². The van der Waals surface area contributed by atoms with Gasteiger partial charge in [0.25, 0.3) is 5.91 Å². The van der Waals surface area contributed by atoms with E-state index in [1.165, 1.54) is 11.6 Å². The smallest absolute Gasteiger partial charge is 0.251 e. The minimum absolute atomic E-state index is 0.0403. The molecule has 0 unspecified atom stereocenters. The van der Waals surface area contributed by atoms with E-state index in [-0.39, 0.29) is 42.2 Å². The first-order valence-corrected chi connectivity index (χ1v) is 12.5. The van der Waals surface area contributed by atoms with Crippen LogP contribution < -0.4 is 24.3 Å². The molecule has 0 aromatic heterocycles. The Balaban J connectivity index is 1.36. The van der Waals surface area contributed by atoms with Crippen LogP contribution >= 0.6 is 0 Å². The molecule has 8 heteroatoms. The van der Waals surface area contributed by atoms with E-state index in [0.29, 0.717) is 6.04 Å². The van der Waals surface area contributed by atoms with Crippen molar-refractivity contribution in [2.45, 2.75) is 38.1 Å². The van der Waals surface area contributed by atoms with Crippen LogP contribution in [0.15, 0.2) is 72.4 Å². The second kappa shape index (κ2) is 11.0. The lowest BCUT2D eigenvalue weighted by molar-refractivity contribution is 0.0938. The molecule has 2 atom stereocenters. The summed E-state index contributed by atoms with van der Waals surface area (Å²) in [7, 11) is 5.24. The molecule has 2 aliphatic rings. The van der Waals surface area contributed by atoms with Gasteiger partial charge in [0.1, 0.15) is 24.7 Å². The molecule has 1 fully saturated rings. The van der Waals surface area contributed by atoms with Crippen molar-refractivity contribution < 1.29 is 28.1 Å². The zero-order chi connectivity index (χ0) is 26.6. The predicted octanol–water partition coefficient (Wildman–Crippen LogP) is 5.09. The van der Waals surface area contributed by atoms with Gasteiger partial charge in [0, 0.05) is 24.9 Å². The Morgan fingerprint density at radius 1 is 0.947 bits per heavy atom. The van der Waals surface area contributed by atoms with Crippen LogP contribution in [0.2, 0.25) is 0 Å². The first-order chi connectivity index (χ1) is 18.4. The van der Waals surface area contributed by atoms with Gasteiger partial charge in [-0.3, -0.25) is 4.79 Å². The van der Waals surface area contributed by atoms with Crippen LogP contribution in [0, 0.1) is 5.82 Å². The minimum Gasteiger partial charge on any atom is -0.497 e. The topological polar surface area (TPSA) is 69.3 Å². The molecule has 5 rings (SSSR count). The van der Waals surface area contributed by atoms with Gasteiger partial charge in [0.2, 0.25) is 0 Å². The molecule has 0 saturated heterocycles. The number of nitrogens with zero attached hydrogens (tertiary/aromatic N) is 1. The Morgan fingerprint density at radius 3 is 2.08 bits per heavy atom. The third-order valence-electron chi connectivity index (χ3n) is 7.04. The highest BCUT2D eigenvalue weighted by atomic mass is 19.1. The number of benzene rings is 3. The lowest BCUT2D eigenvalue weighted by Crippen LogP contribution is -2.38. The van der Waals surface area contributed by atoms with E-state index in [2.05, 4.69) is 16.4 Å². The normalized spacial score (nSPS) is 17.7. The second-order valence-electron chi connectivity index (χ2n) is 9.55. The maximum Gasteiger partial charge on any atom is 0.251 e. The van der Waals surface area contributed by atoms with Crippen LogP contribution in [0.1, 0.15) is 34.3 Å². The predicted molar refractivity (Wildman–Crippen MR) is 141 cm³/mol. The molecule has 2 bridgehead atoms. The quantitative estimate of drug-likeness (QED) is 0.403. The third-order valence-corrected chi connectivity index (χ3v) is 7.04. The number of carbonyl (C=O) groups is 1. The maximum absolute atomic E-state index is 15.4. The van der Waals surface area contributed by atoms with Crippen molar-refractivity contribution in [3.05, 3.63) is 94.9 Å². The molecule has 3 aromatic carbocycles. The highest BCUT2D eigenvalue weighted by molar-refractivity contribution is 5.95. The van der Waals surface area contributed by atoms with E-state index < -0.39 is 5.82 Å². The first-order valence-electron chi connectivity index (χ1n) is 12.5. The molecule has 1 N–H and O–H groups in total. The number of halogens is 1. The number of rotatable bonds is 10. The van der Waals surface area contributed by atoms with E-state index >= 15 is 4.39 Å². The molecular formula is C30H31FN2O5. The summed E-state index contributed by atoms with van der Waals surface area (Å²) in [6, 6.07) is 17.8. The summed E-state index contributed by atoms with van der Waals surface area (Å²) in [4.78, 5) is 15.3. The van der Waals surface area contributed by atoms with Gasteiger partial charge in [-0.05, 0) is 65.9 Å². The monoisotopic (exact) mass is 518 g/mol. The molecule has 1 aliphatic heterocycles. The van der Waals surface area contributed by atoms with Gasteiger partial charge in [0.15, 0.2) is 17.3 Å². The summed E-state index contributed by atoms with van der Waals surface area (Å²) in [5.74, 6) is 0.547. The Kier molecular flexibility index (Phi) is 7.40. The lowest BCUT2D eigenvalue weighted by atomic mass is 10.1. The van der Waals surface area contributed by atoms with E-state index in [1.54, 1.807) is 20.3 Å². The fourth-order valence-electron chi connectivity index (χ4n) is 4.84. The van der Waals surface area contributed by atoms with Gasteiger partial charge < -0.3 is 29.2 Å². The molecule has 198 valence electrons. The molecule has 3 aromatic rings. The van der Waals surface area contributed by atoms with Crippen molar-refractivity contribution in [1.29, 1.82) is 0 Å². The summed E-state index contributed by atoms with van der Waals surface area (Å²) in [6.45, 7) is 0.285. The lowest BCUT2D eigenvalue weighted by Gasteiger charge is -2.25.